The van der Waals surface area contributed by atoms with Crippen LogP contribution in [0.15, 0.2) is 48.6 Å². The van der Waals surface area contributed by atoms with Gasteiger partial charge in [-0.15, -0.1) is 0 Å². The van der Waals surface area contributed by atoms with Gasteiger partial charge in [0.1, 0.15) is 6.61 Å². The van der Waals surface area contributed by atoms with Crippen LogP contribution in [0.4, 0.5) is 0 Å². The molecule has 0 fully saturated rings. The van der Waals surface area contributed by atoms with Crippen LogP contribution in [-0.4, -0.2) is 39.6 Å². The average molecular weight is 745 g/mol. The molecule has 0 saturated heterocycles. The molecule has 7 nitrogen and oxygen atoms in total. The Bertz CT molecular complexity index is 1680. The summed E-state index contributed by atoms with van der Waals surface area (Å²) in [6.07, 6.45) is 16.1. The Morgan fingerprint density at radius 3 is 0.870 bits per heavy atom. The Morgan fingerprint density at radius 2 is 0.630 bits per heavy atom. The molecular weight excluding hydrogens is 677 g/mol. The molecule has 7 heteroatoms. The lowest BCUT2D eigenvalue weighted by atomic mass is 9.93. The SMILES string of the molecule is C=C(C)COOc1cc2c3cc(OCCCCC)c(OCCCCC)cc3c3cc(OCCCCC)c(OCCCCC)cc3c2cc1OCCCCC. The van der Waals surface area contributed by atoms with E-state index in [2.05, 4.69) is 71.5 Å². The summed E-state index contributed by atoms with van der Waals surface area (Å²) in [6, 6.07) is 12.8. The van der Waals surface area contributed by atoms with Gasteiger partial charge in [0.15, 0.2) is 28.7 Å². The van der Waals surface area contributed by atoms with Crippen molar-refractivity contribution < 1.29 is 33.5 Å². The molecule has 0 spiro atoms. The van der Waals surface area contributed by atoms with Gasteiger partial charge in [0.25, 0.3) is 0 Å². The van der Waals surface area contributed by atoms with E-state index in [0.29, 0.717) is 44.5 Å². The van der Waals surface area contributed by atoms with Crippen LogP contribution < -0.4 is 28.6 Å². The van der Waals surface area contributed by atoms with Gasteiger partial charge in [-0.3, -0.25) is 0 Å². The van der Waals surface area contributed by atoms with Crippen LogP contribution in [0.5, 0.6) is 34.5 Å². The van der Waals surface area contributed by atoms with E-state index >= 15 is 0 Å². The molecule has 0 aliphatic heterocycles. The van der Waals surface area contributed by atoms with Crippen molar-refractivity contribution in [1.29, 1.82) is 0 Å². The van der Waals surface area contributed by atoms with Crippen molar-refractivity contribution in [2.45, 2.75) is 138 Å². The summed E-state index contributed by atoms with van der Waals surface area (Å²) in [5, 5.41) is 6.20. The van der Waals surface area contributed by atoms with Gasteiger partial charge in [-0.25, -0.2) is 0 Å². The minimum Gasteiger partial charge on any atom is -0.490 e. The highest BCUT2D eigenvalue weighted by atomic mass is 17.2. The van der Waals surface area contributed by atoms with E-state index in [1.165, 1.54) is 0 Å². The van der Waals surface area contributed by atoms with Gasteiger partial charge >= 0.3 is 0 Å². The van der Waals surface area contributed by atoms with Crippen LogP contribution in [0, 0.1) is 0 Å². The molecule has 4 aromatic carbocycles. The highest BCUT2D eigenvalue weighted by Gasteiger charge is 2.21. The summed E-state index contributed by atoms with van der Waals surface area (Å²) in [6.45, 7) is 20.3. The summed E-state index contributed by atoms with van der Waals surface area (Å²) in [5.41, 5.74) is 0.869. The Hall–Kier alpha value is -3.84. The average Bonchev–Trinajstić information content (AvgIpc) is 3.17. The zero-order valence-corrected chi connectivity index (χ0v) is 34.4. The maximum Gasteiger partial charge on any atom is 0.207 e. The highest BCUT2D eigenvalue weighted by Crippen LogP contribution is 2.47. The molecule has 298 valence electrons. The lowest BCUT2D eigenvalue weighted by Crippen LogP contribution is -2.05. The Balaban J connectivity index is 2.01. The van der Waals surface area contributed by atoms with Crippen molar-refractivity contribution in [3.63, 3.8) is 0 Å². The van der Waals surface area contributed by atoms with E-state index in [-0.39, 0.29) is 6.61 Å². The monoisotopic (exact) mass is 744 g/mol. The molecule has 0 saturated carbocycles. The minimum atomic E-state index is 0.278. The maximum absolute atomic E-state index is 6.52. The summed E-state index contributed by atoms with van der Waals surface area (Å²) < 4.78 is 32.5. The van der Waals surface area contributed by atoms with Gasteiger partial charge in [-0.05, 0) is 108 Å². The first-order chi connectivity index (χ1) is 26.4. The first-order valence-corrected chi connectivity index (χ1v) is 21.1. The second-order valence-electron chi connectivity index (χ2n) is 14.6. The number of unbranched alkanes of at least 4 members (excludes halogenated alkanes) is 10. The molecule has 4 aromatic rings. The lowest BCUT2D eigenvalue weighted by Gasteiger charge is -2.20. The Labute approximate surface area is 325 Å². The van der Waals surface area contributed by atoms with Crippen LogP contribution in [-0.2, 0) is 4.89 Å². The van der Waals surface area contributed by atoms with Crippen molar-refractivity contribution in [3.8, 4) is 34.5 Å². The maximum atomic E-state index is 6.52. The molecule has 0 aliphatic carbocycles. The molecule has 0 heterocycles. The fraction of sp³-hybridized carbons (Fsp3) is 0.574. The molecule has 0 bridgehead atoms. The number of ether oxygens (including phenoxy) is 5. The normalized spacial score (nSPS) is 11.4. The molecule has 54 heavy (non-hydrogen) atoms. The first kappa shape index (κ1) is 42.9. The van der Waals surface area contributed by atoms with E-state index in [9.17, 15) is 0 Å². The van der Waals surface area contributed by atoms with Gasteiger partial charge < -0.3 is 28.6 Å². The van der Waals surface area contributed by atoms with Crippen LogP contribution in [0.3, 0.4) is 0 Å². The molecule has 0 unspecified atom stereocenters. The van der Waals surface area contributed by atoms with E-state index in [0.717, 1.165) is 157 Å². The van der Waals surface area contributed by atoms with E-state index in [4.69, 9.17) is 33.5 Å². The van der Waals surface area contributed by atoms with Gasteiger partial charge in [0, 0.05) is 0 Å². The van der Waals surface area contributed by atoms with E-state index in [1.54, 1.807) is 0 Å². The minimum absolute atomic E-state index is 0.278. The zero-order chi connectivity index (χ0) is 38.5. The standard InChI is InChI=1S/C47H68O7/c1-8-13-18-23-48-42-28-36-37-29-43(49-24-19-14-9-2)45(51-26-21-16-11-4)31-39(37)41-33-47(54-53-34-35(6)7)46(52-27-22-17-12-5)32-40(41)38(36)30-44(42)50-25-20-15-10-3/h28-33H,6,8-27,34H2,1-5,7H3. The number of hydrogen-bond acceptors (Lipinski definition) is 7. The molecule has 0 aliphatic rings. The topological polar surface area (TPSA) is 64.6 Å². The van der Waals surface area contributed by atoms with Crippen molar-refractivity contribution in [1.82, 2.24) is 0 Å². The predicted molar refractivity (Wildman–Crippen MR) is 225 cm³/mol. The van der Waals surface area contributed by atoms with E-state index < -0.39 is 0 Å². The Morgan fingerprint density at radius 1 is 0.389 bits per heavy atom. The summed E-state index contributed by atoms with van der Waals surface area (Å²) in [4.78, 5) is 11.7. The molecule has 0 amide bonds. The second kappa shape index (κ2) is 23.8. The summed E-state index contributed by atoms with van der Waals surface area (Å²) in [5.74, 6) is 4.21. The fourth-order valence-electron chi connectivity index (χ4n) is 6.51. The molecular formula is C47H68O7. The third-order valence-corrected chi connectivity index (χ3v) is 9.60. The van der Waals surface area contributed by atoms with Crippen LogP contribution in [0.2, 0.25) is 0 Å². The van der Waals surface area contributed by atoms with Crippen LogP contribution in [0.25, 0.3) is 32.3 Å². The van der Waals surface area contributed by atoms with Crippen LogP contribution in [0.1, 0.15) is 138 Å². The molecule has 0 atom stereocenters. The molecule has 4 rings (SSSR count). The second-order valence-corrected chi connectivity index (χ2v) is 14.6. The van der Waals surface area contributed by atoms with Gasteiger partial charge in [0.2, 0.25) is 5.75 Å². The van der Waals surface area contributed by atoms with Crippen molar-refractivity contribution >= 4 is 32.3 Å². The third kappa shape index (κ3) is 12.6. The summed E-state index contributed by atoms with van der Waals surface area (Å²) in [7, 11) is 0. The summed E-state index contributed by atoms with van der Waals surface area (Å²) >= 11 is 0. The Kier molecular flexibility index (Phi) is 18.9. The zero-order valence-electron chi connectivity index (χ0n) is 34.4. The molecule has 0 N–H and O–H groups in total. The number of fused-ring (bicyclic) bond motifs is 6. The van der Waals surface area contributed by atoms with Crippen molar-refractivity contribution in [2.75, 3.05) is 39.6 Å². The van der Waals surface area contributed by atoms with Gasteiger partial charge in [-0.2, -0.15) is 4.89 Å². The number of rotatable bonds is 29. The van der Waals surface area contributed by atoms with Crippen molar-refractivity contribution in [2.24, 2.45) is 0 Å². The quantitative estimate of drug-likeness (QED) is 0.0180. The van der Waals surface area contributed by atoms with Crippen LogP contribution >= 0.6 is 0 Å². The fourth-order valence-corrected chi connectivity index (χ4v) is 6.51. The largest absolute Gasteiger partial charge is 0.490 e. The lowest BCUT2D eigenvalue weighted by molar-refractivity contribution is -0.198. The number of hydrogen-bond donors (Lipinski definition) is 0. The van der Waals surface area contributed by atoms with Gasteiger partial charge in [0.05, 0.1) is 33.0 Å². The first-order valence-electron chi connectivity index (χ1n) is 21.1. The third-order valence-electron chi connectivity index (χ3n) is 9.60. The van der Waals surface area contributed by atoms with Gasteiger partial charge in [-0.1, -0.05) is 111 Å². The van der Waals surface area contributed by atoms with Crippen molar-refractivity contribution in [3.05, 3.63) is 48.6 Å². The smallest absolute Gasteiger partial charge is 0.207 e. The molecule has 0 aromatic heterocycles. The highest BCUT2D eigenvalue weighted by molar-refractivity contribution is 6.26. The molecule has 0 radical (unpaired) electrons. The number of benzene rings is 4. The van der Waals surface area contributed by atoms with E-state index in [1.807, 2.05) is 13.0 Å². The predicted octanol–water partition coefficient (Wildman–Crippen LogP) is 13.9.